The molecule has 1 N–H and O–H groups in total. The number of piperidine rings is 1. The lowest BCUT2D eigenvalue weighted by molar-refractivity contribution is -0.130. The number of hydrogen-bond donors (Lipinski definition) is 1. The zero-order chi connectivity index (χ0) is 18.9. The summed E-state index contributed by atoms with van der Waals surface area (Å²) in [6.07, 6.45) is 6.56. The molecule has 1 aliphatic rings. The zero-order valence-corrected chi connectivity index (χ0v) is 16.1. The number of methoxy groups -OCH3 is 1. The molecule has 0 radical (unpaired) electrons. The van der Waals surface area contributed by atoms with Crippen molar-refractivity contribution in [2.24, 2.45) is 5.92 Å². The number of carbonyl (C=O) groups excluding carboxylic acids is 1. The van der Waals surface area contributed by atoms with Gasteiger partial charge in [-0.1, -0.05) is 30.3 Å². The maximum Gasteiger partial charge on any atom is 0.224 e. The summed E-state index contributed by atoms with van der Waals surface area (Å²) >= 11 is 0. The van der Waals surface area contributed by atoms with Crippen LogP contribution in [0, 0.1) is 5.92 Å². The summed E-state index contributed by atoms with van der Waals surface area (Å²) in [6.45, 7) is 3.94. The highest BCUT2D eigenvalue weighted by Crippen LogP contribution is 2.26. The third kappa shape index (κ3) is 5.65. The number of rotatable bonds is 9. The molecule has 2 heterocycles. The number of nitrogens with zero attached hydrogens (tertiary/aromatic N) is 3. The first-order valence-corrected chi connectivity index (χ1v) is 9.80. The van der Waals surface area contributed by atoms with Gasteiger partial charge in [-0.05, 0) is 37.4 Å². The van der Waals surface area contributed by atoms with Crippen molar-refractivity contribution < 1.29 is 9.53 Å². The average Bonchev–Trinajstić information content (AvgIpc) is 3.21. The average molecular weight is 370 g/mol. The Kier molecular flexibility index (Phi) is 7.42. The highest BCUT2D eigenvalue weighted by molar-refractivity contribution is 5.79. The fraction of sp³-hybridized carbons (Fsp3) is 0.524. The Hall–Kier alpha value is -2.18. The lowest BCUT2D eigenvalue weighted by Crippen LogP contribution is -2.52. The summed E-state index contributed by atoms with van der Waals surface area (Å²) in [6, 6.07) is 12.5. The minimum Gasteiger partial charge on any atom is -0.383 e. The molecule has 1 aromatic carbocycles. The van der Waals surface area contributed by atoms with Crippen molar-refractivity contribution in [1.29, 1.82) is 0 Å². The van der Waals surface area contributed by atoms with Crippen LogP contribution in [0.5, 0.6) is 0 Å². The number of hydrogen-bond acceptors (Lipinski definition) is 4. The molecule has 1 fully saturated rings. The van der Waals surface area contributed by atoms with Crippen LogP contribution >= 0.6 is 0 Å². The van der Waals surface area contributed by atoms with E-state index in [-0.39, 0.29) is 17.9 Å². The molecule has 3 rings (SSSR count). The van der Waals surface area contributed by atoms with Crippen LogP contribution in [0.1, 0.15) is 24.8 Å². The molecule has 1 aliphatic heterocycles. The van der Waals surface area contributed by atoms with Gasteiger partial charge in [0, 0.05) is 45.2 Å². The minimum atomic E-state index is -0.0212. The smallest absolute Gasteiger partial charge is 0.224 e. The maximum absolute atomic E-state index is 12.8. The van der Waals surface area contributed by atoms with Crippen molar-refractivity contribution in [3.05, 3.63) is 54.4 Å². The Balaban J connectivity index is 1.54. The van der Waals surface area contributed by atoms with E-state index in [2.05, 4.69) is 39.6 Å². The molecule has 6 nitrogen and oxygen atoms in total. The van der Waals surface area contributed by atoms with Crippen LogP contribution in [0.25, 0.3) is 0 Å². The third-order valence-electron chi connectivity index (χ3n) is 5.22. The van der Waals surface area contributed by atoms with Crippen LogP contribution in [0.3, 0.4) is 0 Å². The van der Waals surface area contributed by atoms with Crippen LogP contribution in [0.4, 0.5) is 0 Å². The number of nitrogens with one attached hydrogen (secondary N) is 1. The zero-order valence-electron chi connectivity index (χ0n) is 16.1. The van der Waals surface area contributed by atoms with Crippen molar-refractivity contribution in [1.82, 2.24) is 20.0 Å². The number of ether oxygens (including phenoxy) is 1. The molecule has 27 heavy (non-hydrogen) atoms. The summed E-state index contributed by atoms with van der Waals surface area (Å²) < 4.78 is 7.36. The standard InChI is InChI=1S/C21H30N4O2/c1-27-17-20-19(21(26)22-11-6-14-25-15-7-12-23-25)10-5-13-24(20)16-18-8-3-2-4-9-18/h2-4,7-9,12,15,19-20H,5-6,10-11,13-14,16-17H2,1H3,(H,22,26)/t19-,20-/m1/s1. The van der Waals surface area contributed by atoms with Crippen LogP contribution < -0.4 is 5.32 Å². The second kappa shape index (κ2) is 10.2. The van der Waals surface area contributed by atoms with Gasteiger partial charge < -0.3 is 10.1 Å². The van der Waals surface area contributed by atoms with E-state index < -0.39 is 0 Å². The fourth-order valence-corrected chi connectivity index (χ4v) is 3.86. The van der Waals surface area contributed by atoms with Crippen molar-refractivity contribution in [2.75, 3.05) is 26.8 Å². The number of amides is 1. The van der Waals surface area contributed by atoms with E-state index in [1.54, 1.807) is 13.3 Å². The summed E-state index contributed by atoms with van der Waals surface area (Å²) in [5, 5.41) is 7.32. The molecule has 0 aliphatic carbocycles. The van der Waals surface area contributed by atoms with Crippen molar-refractivity contribution in [3.63, 3.8) is 0 Å². The van der Waals surface area contributed by atoms with Gasteiger partial charge in [0.05, 0.1) is 12.5 Å². The van der Waals surface area contributed by atoms with Gasteiger partial charge in [0.25, 0.3) is 0 Å². The largest absolute Gasteiger partial charge is 0.383 e. The molecule has 6 heteroatoms. The third-order valence-corrected chi connectivity index (χ3v) is 5.22. The van der Waals surface area contributed by atoms with Gasteiger partial charge in [-0.2, -0.15) is 5.10 Å². The van der Waals surface area contributed by atoms with E-state index in [1.807, 2.05) is 23.0 Å². The van der Waals surface area contributed by atoms with E-state index in [0.29, 0.717) is 13.2 Å². The maximum atomic E-state index is 12.8. The molecule has 1 aromatic heterocycles. The van der Waals surface area contributed by atoms with Crippen molar-refractivity contribution >= 4 is 5.91 Å². The summed E-state index contributed by atoms with van der Waals surface area (Å²) in [4.78, 5) is 15.2. The Morgan fingerprint density at radius 1 is 1.30 bits per heavy atom. The Bertz CT molecular complexity index is 675. The SMILES string of the molecule is COC[C@@H]1[C@H](C(=O)NCCCn2cccn2)CCCN1Cc1ccccc1. The molecule has 0 spiro atoms. The van der Waals surface area contributed by atoms with Crippen LogP contribution in [0.2, 0.25) is 0 Å². The van der Waals surface area contributed by atoms with Gasteiger partial charge in [-0.3, -0.25) is 14.4 Å². The molecule has 2 aromatic rings. The predicted molar refractivity (Wildman–Crippen MR) is 105 cm³/mol. The van der Waals surface area contributed by atoms with E-state index >= 15 is 0 Å². The second-order valence-electron chi connectivity index (χ2n) is 7.14. The lowest BCUT2D eigenvalue weighted by Gasteiger charge is -2.40. The molecule has 0 unspecified atom stereocenters. The van der Waals surface area contributed by atoms with E-state index in [1.165, 1.54) is 5.56 Å². The van der Waals surface area contributed by atoms with Crippen LogP contribution in [0.15, 0.2) is 48.8 Å². The molecule has 0 bridgehead atoms. The molecule has 0 saturated carbocycles. The van der Waals surface area contributed by atoms with Gasteiger partial charge in [-0.25, -0.2) is 0 Å². The Morgan fingerprint density at radius 2 is 2.15 bits per heavy atom. The molecule has 146 valence electrons. The predicted octanol–water partition coefficient (Wildman–Crippen LogP) is 2.32. The van der Waals surface area contributed by atoms with Crippen molar-refractivity contribution in [3.8, 4) is 0 Å². The van der Waals surface area contributed by atoms with Gasteiger partial charge in [0.1, 0.15) is 0 Å². The molecular formula is C21H30N4O2. The molecule has 2 atom stereocenters. The fourth-order valence-electron chi connectivity index (χ4n) is 3.86. The number of aromatic nitrogens is 2. The highest BCUT2D eigenvalue weighted by atomic mass is 16.5. The monoisotopic (exact) mass is 370 g/mol. The molecule has 1 saturated heterocycles. The first kappa shape index (κ1) is 19.6. The second-order valence-corrected chi connectivity index (χ2v) is 7.14. The van der Waals surface area contributed by atoms with Gasteiger partial charge in [-0.15, -0.1) is 0 Å². The van der Waals surface area contributed by atoms with Gasteiger partial charge in [0.15, 0.2) is 0 Å². The molecule has 1 amide bonds. The minimum absolute atomic E-state index is 0.0212. The summed E-state index contributed by atoms with van der Waals surface area (Å²) in [7, 11) is 1.72. The highest BCUT2D eigenvalue weighted by Gasteiger charge is 2.35. The van der Waals surface area contributed by atoms with E-state index in [4.69, 9.17) is 4.74 Å². The number of carbonyl (C=O) groups is 1. The lowest BCUT2D eigenvalue weighted by atomic mass is 9.88. The Morgan fingerprint density at radius 3 is 2.89 bits per heavy atom. The van der Waals surface area contributed by atoms with E-state index in [0.717, 1.165) is 38.9 Å². The first-order valence-electron chi connectivity index (χ1n) is 9.80. The quantitative estimate of drug-likeness (QED) is 0.688. The summed E-state index contributed by atoms with van der Waals surface area (Å²) in [5.74, 6) is 0.127. The summed E-state index contributed by atoms with van der Waals surface area (Å²) in [5.41, 5.74) is 1.28. The number of aryl methyl sites for hydroxylation is 1. The number of benzene rings is 1. The topological polar surface area (TPSA) is 59.4 Å². The normalized spacial score (nSPS) is 20.5. The van der Waals surface area contributed by atoms with Crippen molar-refractivity contribution in [2.45, 2.75) is 38.4 Å². The van der Waals surface area contributed by atoms with Gasteiger partial charge >= 0.3 is 0 Å². The van der Waals surface area contributed by atoms with Gasteiger partial charge in [0.2, 0.25) is 5.91 Å². The first-order chi connectivity index (χ1) is 13.3. The van der Waals surface area contributed by atoms with Crippen LogP contribution in [-0.4, -0.2) is 53.4 Å². The molecular weight excluding hydrogens is 340 g/mol. The number of likely N-dealkylation sites (tertiary alicyclic amines) is 1. The van der Waals surface area contributed by atoms with E-state index in [9.17, 15) is 4.79 Å². The van der Waals surface area contributed by atoms with Crippen LogP contribution in [-0.2, 0) is 22.6 Å². The Labute approximate surface area is 161 Å².